The van der Waals surface area contributed by atoms with Gasteiger partial charge in [-0.05, 0) is 56.0 Å². The van der Waals surface area contributed by atoms with Crippen LogP contribution in [0.4, 0.5) is 0 Å². The Morgan fingerprint density at radius 2 is 1.57 bits per heavy atom. The third kappa shape index (κ3) is 3.47. The number of aromatic nitrogens is 1. The molecule has 4 rings (SSSR count). The number of hydrogen-bond donors (Lipinski definition) is 0. The molecule has 0 bridgehead atoms. The van der Waals surface area contributed by atoms with E-state index in [1.165, 1.54) is 11.6 Å². The predicted octanol–water partition coefficient (Wildman–Crippen LogP) is 0.484. The number of likely N-dealkylation sites (tertiary alicyclic amines) is 1. The van der Waals surface area contributed by atoms with Crippen LogP contribution in [-0.2, 0) is 13.0 Å². The van der Waals surface area contributed by atoms with Crippen molar-refractivity contribution in [2.45, 2.75) is 25.8 Å². The van der Waals surface area contributed by atoms with Crippen LogP contribution in [0.25, 0.3) is 0 Å². The second-order valence-electron chi connectivity index (χ2n) is 7.56. The lowest BCUT2D eigenvalue weighted by Gasteiger charge is -2.31. The van der Waals surface area contributed by atoms with E-state index in [1.54, 1.807) is 0 Å². The van der Waals surface area contributed by atoms with Crippen molar-refractivity contribution in [3.8, 4) is 0 Å². The summed E-state index contributed by atoms with van der Waals surface area (Å²) in [4.78, 5) is 51.0. The Labute approximate surface area is 161 Å². The molecule has 0 radical (unpaired) electrons. The fourth-order valence-electron chi connectivity index (χ4n) is 4.08. The van der Waals surface area contributed by atoms with E-state index in [9.17, 15) is 19.2 Å². The third-order valence-electron chi connectivity index (χ3n) is 5.76. The van der Waals surface area contributed by atoms with E-state index < -0.39 is 22.0 Å². The number of nitrogens with zero attached hydrogens (tertiary/aromatic N) is 2. The van der Waals surface area contributed by atoms with E-state index in [0.29, 0.717) is 6.54 Å². The van der Waals surface area contributed by atoms with Crippen molar-refractivity contribution in [3.63, 3.8) is 0 Å². The van der Waals surface area contributed by atoms with Gasteiger partial charge >= 0.3 is 0 Å². The normalized spacial score (nSPS) is 16.0. The fraction of sp³-hybridized carbons (Fsp3) is 0.364. The topological polar surface area (TPSA) is 76.5 Å². The van der Waals surface area contributed by atoms with E-state index in [-0.39, 0.29) is 16.4 Å². The summed E-state index contributed by atoms with van der Waals surface area (Å²) in [5, 5.41) is -0.187. The lowest BCUT2D eigenvalue weighted by Crippen LogP contribution is -2.39. The number of piperidine rings is 1. The van der Waals surface area contributed by atoms with Crippen LogP contribution in [0.2, 0.25) is 0 Å². The summed E-state index contributed by atoms with van der Waals surface area (Å²) < 4.78 is 1.15. The van der Waals surface area contributed by atoms with Gasteiger partial charge in [0.15, 0.2) is 0 Å². The summed E-state index contributed by atoms with van der Waals surface area (Å²) in [6, 6.07) is 12.7. The minimum Gasteiger partial charge on any atom is -0.303 e. The highest BCUT2D eigenvalue weighted by Crippen LogP contribution is 2.18. The van der Waals surface area contributed by atoms with Crippen LogP contribution >= 0.6 is 0 Å². The summed E-state index contributed by atoms with van der Waals surface area (Å²) in [6.45, 7) is 3.17. The average molecular weight is 378 g/mol. The number of hydrogen-bond acceptors (Lipinski definition) is 5. The van der Waals surface area contributed by atoms with Crippen LogP contribution in [0.3, 0.4) is 0 Å². The van der Waals surface area contributed by atoms with Gasteiger partial charge in [0.05, 0.1) is 5.22 Å². The molecule has 0 saturated carbocycles. The van der Waals surface area contributed by atoms with Crippen LogP contribution in [0.5, 0.6) is 0 Å². The van der Waals surface area contributed by atoms with Crippen molar-refractivity contribution < 1.29 is 0 Å². The Hall–Kier alpha value is -2.86. The van der Waals surface area contributed by atoms with Crippen LogP contribution in [0.1, 0.15) is 18.4 Å². The Balaban J connectivity index is 1.42. The molecule has 0 aromatic heterocycles. The summed E-state index contributed by atoms with van der Waals surface area (Å²) in [5.74, 6) is 0.219. The molecule has 0 atom stereocenters. The summed E-state index contributed by atoms with van der Waals surface area (Å²) in [6.07, 6.45) is 2.81. The summed E-state index contributed by atoms with van der Waals surface area (Å²) in [5.41, 5.74) is -1.36. The molecule has 1 saturated heterocycles. The zero-order valence-corrected chi connectivity index (χ0v) is 15.6. The van der Waals surface area contributed by atoms with Crippen molar-refractivity contribution >= 4 is 0 Å². The lowest BCUT2D eigenvalue weighted by molar-refractivity contribution is 0.174. The Bertz CT molecular complexity index is 1230. The molecule has 1 aromatic carbocycles. The minimum absolute atomic E-state index is 0.0647. The molecule has 0 spiro atoms. The quantitative estimate of drug-likeness (QED) is 0.604. The van der Waals surface area contributed by atoms with Gasteiger partial charge in [-0.3, -0.25) is 23.7 Å². The van der Waals surface area contributed by atoms with Gasteiger partial charge in [-0.15, -0.1) is 0 Å². The first-order valence-electron chi connectivity index (χ1n) is 9.68. The van der Waals surface area contributed by atoms with Crippen LogP contribution in [0.15, 0.2) is 61.6 Å². The molecule has 0 N–H and O–H groups in total. The predicted molar refractivity (Wildman–Crippen MR) is 106 cm³/mol. The molecule has 6 nitrogen and oxygen atoms in total. The van der Waals surface area contributed by atoms with Gasteiger partial charge in [0.1, 0.15) is 5.22 Å². The SMILES string of the molecule is O=c1ccc2c(=O)n(CC3CCN(CCc4ccccc4)CC3)c(=O)c=2c1=O. The van der Waals surface area contributed by atoms with Gasteiger partial charge in [0.25, 0.3) is 11.1 Å². The van der Waals surface area contributed by atoms with Crippen LogP contribution in [0, 0.1) is 16.4 Å². The molecule has 2 aliphatic heterocycles. The Morgan fingerprint density at radius 1 is 0.857 bits per heavy atom. The highest BCUT2D eigenvalue weighted by molar-refractivity contribution is 5.15. The van der Waals surface area contributed by atoms with Crippen molar-refractivity contribution in [2.75, 3.05) is 19.6 Å². The standard InChI is InChI=1S/C22H22N2O4/c25-18-7-6-17-19(20(18)26)22(28)24(21(17)27)14-16-9-12-23(13-10-16)11-8-15-4-2-1-3-5-15/h1-7,16H,8-14H2. The molecule has 2 heterocycles. The number of benzene rings is 1. The lowest BCUT2D eigenvalue weighted by atomic mass is 9.96. The molecule has 6 heteroatoms. The molecule has 1 fully saturated rings. The van der Waals surface area contributed by atoms with E-state index in [2.05, 4.69) is 17.0 Å². The first-order valence-corrected chi connectivity index (χ1v) is 9.68. The molecule has 0 unspecified atom stereocenters. The maximum atomic E-state index is 12.5. The second kappa shape index (κ2) is 7.64. The molecule has 144 valence electrons. The molecule has 3 aliphatic rings. The zero-order valence-electron chi connectivity index (χ0n) is 15.6. The fourth-order valence-corrected chi connectivity index (χ4v) is 4.08. The third-order valence-corrected chi connectivity index (χ3v) is 5.76. The zero-order chi connectivity index (χ0) is 19.7. The van der Waals surface area contributed by atoms with Crippen molar-refractivity contribution in [1.82, 2.24) is 9.47 Å². The van der Waals surface area contributed by atoms with Gasteiger partial charge in [0, 0.05) is 13.1 Å². The summed E-state index contributed by atoms with van der Waals surface area (Å²) >= 11 is 0. The monoisotopic (exact) mass is 378 g/mol. The molecular weight excluding hydrogens is 356 g/mol. The van der Waals surface area contributed by atoms with Crippen LogP contribution < -0.4 is 22.0 Å². The maximum absolute atomic E-state index is 12.5. The summed E-state index contributed by atoms with van der Waals surface area (Å²) in [7, 11) is 0. The highest BCUT2D eigenvalue weighted by atomic mass is 16.2. The first kappa shape index (κ1) is 18.5. The van der Waals surface area contributed by atoms with Gasteiger partial charge in [-0.25, -0.2) is 0 Å². The number of rotatable bonds is 5. The van der Waals surface area contributed by atoms with E-state index in [4.69, 9.17) is 0 Å². The van der Waals surface area contributed by atoms with Crippen LogP contribution in [-0.4, -0.2) is 29.1 Å². The molecule has 0 amide bonds. The first-order chi connectivity index (χ1) is 13.5. The van der Waals surface area contributed by atoms with Crippen molar-refractivity contribution in [3.05, 3.63) is 99.6 Å². The van der Waals surface area contributed by atoms with Crippen molar-refractivity contribution in [1.29, 1.82) is 0 Å². The van der Waals surface area contributed by atoms with E-state index >= 15 is 0 Å². The Kier molecular flexibility index (Phi) is 5.05. The minimum atomic E-state index is -0.867. The maximum Gasteiger partial charge on any atom is 0.265 e. The van der Waals surface area contributed by atoms with Gasteiger partial charge in [-0.1, -0.05) is 30.3 Å². The Morgan fingerprint density at radius 3 is 2.29 bits per heavy atom. The van der Waals surface area contributed by atoms with Crippen molar-refractivity contribution in [2.24, 2.45) is 5.92 Å². The van der Waals surface area contributed by atoms with E-state index in [1.807, 2.05) is 18.2 Å². The van der Waals surface area contributed by atoms with Gasteiger partial charge in [-0.2, -0.15) is 0 Å². The van der Waals surface area contributed by atoms with E-state index in [0.717, 1.165) is 49.5 Å². The smallest absolute Gasteiger partial charge is 0.265 e. The molecule has 28 heavy (non-hydrogen) atoms. The molecule has 1 aliphatic carbocycles. The van der Waals surface area contributed by atoms with Gasteiger partial charge in [0.2, 0.25) is 10.9 Å². The highest BCUT2D eigenvalue weighted by Gasteiger charge is 2.22. The van der Waals surface area contributed by atoms with Gasteiger partial charge < -0.3 is 4.90 Å². The largest absolute Gasteiger partial charge is 0.303 e. The second-order valence-corrected chi connectivity index (χ2v) is 7.56. The average Bonchev–Trinajstić information content (AvgIpc) is 2.96. The molecule has 1 aromatic rings. The molecular formula is C22H22N2O4.